The van der Waals surface area contributed by atoms with E-state index < -0.39 is 0 Å². The predicted octanol–water partition coefficient (Wildman–Crippen LogP) is 3.21. The smallest absolute Gasteiger partial charge is 0.193 e. The number of hydrogen-bond acceptors (Lipinski definition) is 2. The molecule has 1 aliphatic rings. The lowest BCUT2D eigenvalue weighted by molar-refractivity contribution is 0.115. The Bertz CT molecular complexity index is 486. The van der Waals surface area contributed by atoms with E-state index in [0.29, 0.717) is 0 Å². The molecule has 1 aliphatic carbocycles. The molecule has 0 spiro atoms. The number of aryl methyl sites for hydroxylation is 1. The fourth-order valence-corrected chi connectivity index (χ4v) is 2.50. The molecule has 2 rings (SSSR count). The summed E-state index contributed by atoms with van der Waals surface area (Å²) in [5.74, 6) is 1.75. The maximum Gasteiger partial charge on any atom is 0.193 e. The van der Waals surface area contributed by atoms with E-state index in [-0.39, 0.29) is 0 Å². The quantitative estimate of drug-likeness (QED) is 0.427. The van der Waals surface area contributed by atoms with Crippen molar-refractivity contribution in [3.05, 3.63) is 34.9 Å². The molecule has 1 aromatic rings. The standard InChI is InChI=1S/C18H28ClN3O/c1-20-18(22(2)12-13-23-14-16-5-6-16)21-11-3-4-15-7-9-17(19)10-8-15/h7-10,16H,3-6,11-14H2,1-2H3,(H,20,21). The highest BCUT2D eigenvalue weighted by Crippen LogP contribution is 2.28. The first-order valence-electron chi connectivity index (χ1n) is 8.43. The maximum absolute atomic E-state index is 5.90. The summed E-state index contributed by atoms with van der Waals surface area (Å²) in [6.45, 7) is 3.45. The maximum atomic E-state index is 5.90. The largest absolute Gasteiger partial charge is 0.379 e. The molecule has 1 aromatic carbocycles. The van der Waals surface area contributed by atoms with Crippen LogP contribution in [0.3, 0.4) is 0 Å². The molecule has 0 saturated heterocycles. The Balaban J connectivity index is 1.58. The molecule has 1 fully saturated rings. The molecule has 1 N–H and O–H groups in total. The second-order valence-electron chi connectivity index (χ2n) is 6.14. The Morgan fingerprint density at radius 1 is 1.35 bits per heavy atom. The summed E-state index contributed by atoms with van der Waals surface area (Å²) >= 11 is 5.90. The molecule has 0 amide bonds. The van der Waals surface area contributed by atoms with Crippen LogP contribution in [0.25, 0.3) is 0 Å². The van der Waals surface area contributed by atoms with Gasteiger partial charge in [-0.3, -0.25) is 4.99 Å². The van der Waals surface area contributed by atoms with E-state index in [2.05, 4.69) is 34.4 Å². The first kappa shape index (κ1) is 18.1. The predicted molar refractivity (Wildman–Crippen MR) is 97.3 cm³/mol. The Kier molecular flexibility index (Phi) is 7.69. The normalized spacial score (nSPS) is 14.8. The van der Waals surface area contributed by atoms with Crippen molar-refractivity contribution in [2.75, 3.05) is 40.4 Å². The minimum atomic E-state index is 0.762. The SMILES string of the molecule is CN=C(NCCCc1ccc(Cl)cc1)N(C)CCOCC1CC1. The van der Waals surface area contributed by atoms with E-state index in [1.807, 2.05) is 19.2 Å². The van der Waals surface area contributed by atoms with Gasteiger partial charge in [-0.15, -0.1) is 0 Å². The zero-order valence-corrected chi connectivity index (χ0v) is 15.0. The van der Waals surface area contributed by atoms with E-state index in [0.717, 1.165) is 56.0 Å². The van der Waals surface area contributed by atoms with Crippen LogP contribution >= 0.6 is 11.6 Å². The highest BCUT2D eigenvalue weighted by atomic mass is 35.5. The molecular formula is C18H28ClN3O. The van der Waals surface area contributed by atoms with Gasteiger partial charge in [0.05, 0.1) is 6.61 Å². The Labute approximate surface area is 144 Å². The van der Waals surface area contributed by atoms with Gasteiger partial charge in [-0.25, -0.2) is 0 Å². The molecule has 0 bridgehead atoms. The minimum Gasteiger partial charge on any atom is -0.379 e. The number of aliphatic imine (C=N–C) groups is 1. The van der Waals surface area contributed by atoms with Crippen LogP contribution in [0.15, 0.2) is 29.3 Å². The first-order chi connectivity index (χ1) is 11.2. The molecule has 23 heavy (non-hydrogen) atoms. The molecule has 5 heteroatoms. The molecule has 0 aliphatic heterocycles. The van der Waals surface area contributed by atoms with Gasteiger partial charge < -0.3 is 15.0 Å². The molecule has 128 valence electrons. The van der Waals surface area contributed by atoms with Crippen molar-refractivity contribution >= 4 is 17.6 Å². The van der Waals surface area contributed by atoms with E-state index in [4.69, 9.17) is 16.3 Å². The van der Waals surface area contributed by atoms with Crippen LogP contribution in [0.4, 0.5) is 0 Å². The number of hydrogen-bond donors (Lipinski definition) is 1. The van der Waals surface area contributed by atoms with Crippen molar-refractivity contribution in [3.8, 4) is 0 Å². The van der Waals surface area contributed by atoms with Crippen molar-refractivity contribution in [2.45, 2.75) is 25.7 Å². The van der Waals surface area contributed by atoms with Crippen LogP contribution in [-0.2, 0) is 11.2 Å². The fourth-order valence-electron chi connectivity index (χ4n) is 2.37. The lowest BCUT2D eigenvalue weighted by Crippen LogP contribution is -2.41. The van der Waals surface area contributed by atoms with Gasteiger partial charge in [0.15, 0.2) is 5.96 Å². The van der Waals surface area contributed by atoms with Gasteiger partial charge in [0.25, 0.3) is 0 Å². The molecular weight excluding hydrogens is 310 g/mol. The number of guanidine groups is 1. The third-order valence-electron chi connectivity index (χ3n) is 4.03. The van der Waals surface area contributed by atoms with Crippen LogP contribution in [0.2, 0.25) is 5.02 Å². The van der Waals surface area contributed by atoms with Crippen LogP contribution in [-0.4, -0.2) is 51.3 Å². The molecule has 0 heterocycles. The summed E-state index contributed by atoms with van der Waals surface area (Å²) in [4.78, 5) is 6.45. The highest BCUT2D eigenvalue weighted by molar-refractivity contribution is 6.30. The molecule has 0 unspecified atom stereocenters. The summed E-state index contributed by atoms with van der Waals surface area (Å²) in [7, 11) is 3.87. The number of rotatable bonds is 9. The van der Waals surface area contributed by atoms with Crippen molar-refractivity contribution < 1.29 is 4.74 Å². The van der Waals surface area contributed by atoms with E-state index in [9.17, 15) is 0 Å². The van der Waals surface area contributed by atoms with E-state index in [1.54, 1.807) is 0 Å². The molecule has 4 nitrogen and oxygen atoms in total. The molecule has 1 saturated carbocycles. The third kappa shape index (κ3) is 7.23. The third-order valence-corrected chi connectivity index (χ3v) is 4.29. The summed E-state index contributed by atoms with van der Waals surface area (Å²) in [5.41, 5.74) is 1.31. The topological polar surface area (TPSA) is 36.9 Å². The summed E-state index contributed by atoms with van der Waals surface area (Å²) in [5, 5.41) is 4.20. The van der Waals surface area contributed by atoms with E-state index >= 15 is 0 Å². The van der Waals surface area contributed by atoms with Crippen LogP contribution in [0, 0.1) is 5.92 Å². The van der Waals surface area contributed by atoms with Crippen LogP contribution in [0.5, 0.6) is 0 Å². The number of halogens is 1. The van der Waals surface area contributed by atoms with Gasteiger partial charge in [0.2, 0.25) is 0 Å². The van der Waals surface area contributed by atoms with Crippen molar-refractivity contribution in [1.29, 1.82) is 0 Å². The molecule has 0 radical (unpaired) electrons. The Hall–Kier alpha value is -1.26. The van der Waals surface area contributed by atoms with E-state index in [1.165, 1.54) is 18.4 Å². The minimum absolute atomic E-state index is 0.762. The van der Waals surface area contributed by atoms with Crippen molar-refractivity contribution in [1.82, 2.24) is 10.2 Å². The lowest BCUT2D eigenvalue weighted by Gasteiger charge is -2.22. The second kappa shape index (κ2) is 9.78. The van der Waals surface area contributed by atoms with Crippen LogP contribution < -0.4 is 5.32 Å². The fraction of sp³-hybridized carbons (Fsp3) is 0.611. The van der Waals surface area contributed by atoms with Gasteiger partial charge in [0.1, 0.15) is 0 Å². The second-order valence-corrected chi connectivity index (χ2v) is 6.58. The van der Waals surface area contributed by atoms with Crippen molar-refractivity contribution in [3.63, 3.8) is 0 Å². The number of nitrogens with one attached hydrogen (secondary N) is 1. The van der Waals surface area contributed by atoms with Gasteiger partial charge >= 0.3 is 0 Å². The highest BCUT2D eigenvalue weighted by Gasteiger charge is 2.21. The first-order valence-corrected chi connectivity index (χ1v) is 8.81. The number of benzene rings is 1. The van der Waals surface area contributed by atoms with Gasteiger partial charge in [-0.1, -0.05) is 23.7 Å². The average molecular weight is 338 g/mol. The Morgan fingerprint density at radius 2 is 2.09 bits per heavy atom. The van der Waals surface area contributed by atoms with Crippen LogP contribution in [0.1, 0.15) is 24.8 Å². The summed E-state index contributed by atoms with van der Waals surface area (Å²) in [6, 6.07) is 8.05. The van der Waals surface area contributed by atoms with Gasteiger partial charge in [0, 0.05) is 38.8 Å². The number of nitrogens with zero attached hydrogens (tertiary/aromatic N) is 2. The average Bonchev–Trinajstić information content (AvgIpc) is 3.37. The van der Waals surface area contributed by atoms with Crippen molar-refractivity contribution in [2.24, 2.45) is 10.9 Å². The molecule has 0 aromatic heterocycles. The van der Waals surface area contributed by atoms with Gasteiger partial charge in [-0.05, 0) is 49.3 Å². The monoisotopic (exact) mass is 337 g/mol. The lowest BCUT2D eigenvalue weighted by atomic mass is 10.1. The summed E-state index contributed by atoms with van der Waals surface area (Å²) in [6.07, 6.45) is 4.78. The molecule has 0 atom stereocenters. The Morgan fingerprint density at radius 3 is 2.74 bits per heavy atom. The van der Waals surface area contributed by atoms with Gasteiger partial charge in [-0.2, -0.15) is 0 Å². The summed E-state index contributed by atoms with van der Waals surface area (Å²) < 4.78 is 5.68. The zero-order valence-electron chi connectivity index (χ0n) is 14.2. The zero-order chi connectivity index (χ0) is 16.5. The number of likely N-dealkylation sites (N-methyl/N-ethyl adjacent to an activating group) is 1. The number of ether oxygens (including phenoxy) is 1.